The van der Waals surface area contributed by atoms with Crippen molar-refractivity contribution >= 4 is 17.5 Å². The first-order valence-electron chi connectivity index (χ1n) is 7.78. The van der Waals surface area contributed by atoms with Crippen LogP contribution in [0.3, 0.4) is 0 Å². The molecule has 0 spiro atoms. The van der Waals surface area contributed by atoms with Crippen molar-refractivity contribution < 1.29 is 9.18 Å². The molecular formula is C19H17FN4O. The van der Waals surface area contributed by atoms with Crippen LogP contribution in [-0.2, 0) is 6.54 Å². The number of nitrogens with zero attached hydrogens (tertiary/aromatic N) is 2. The van der Waals surface area contributed by atoms with E-state index >= 15 is 0 Å². The summed E-state index contributed by atoms with van der Waals surface area (Å²) in [5.74, 6) is -0.262. The van der Waals surface area contributed by atoms with Gasteiger partial charge in [-0.15, -0.1) is 0 Å². The Morgan fingerprint density at radius 2 is 1.80 bits per heavy atom. The lowest BCUT2D eigenvalue weighted by molar-refractivity contribution is 0.102. The molecule has 1 amide bonds. The Hall–Kier alpha value is -3.28. The summed E-state index contributed by atoms with van der Waals surface area (Å²) >= 11 is 0. The molecule has 0 aliphatic heterocycles. The first kappa shape index (κ1) is 16.6. The zero-order valence-electron chi connectivity index (χ0n) is 13.7. The standard InChI is InChI=1S/C19H17FN4O/c1-13-3-2-4-14(9-13)10-21-19-22-11-15(12-23-19)18(25)24-17-7-5-16(20)6-8-17/h2-9,11-12H,10H2,1H3,(H,24,25)(H,21,22,23). The Bertz CT molecular complexity index is 863. The van der Waals surface area contributed by atoms with E-state index in [2.05, 4.69) is 26.7 Å². The monoisotopic (exact) mass is 336 g/mol. The van der Waals surface area contributed by atoms with E-state index in [1.807, 2.05) is 25.1 Å². The molecule has 0 atom stereocenters. The second-order valence-electron chi connectivity index (χ2n) is 5.60. The number of hydrogen-bond acceptors (Lipinski definition) is 4. The number of carbonyl (C=O) groups is 1. The van der Waals surface area contributed by atoms with Gasteiger partial charge in [0.05, 0.1) is 5.56 Å². The van der Waals surface area contributed by atoms with Crippen LogP contribution in [-0.4, -0.2) is 15.9 Å². The average Bonchev–Trinajstić information content (AvgIpc) is 2.62. The summed E-state index contributed by atoms with van der Waals surface area (Å²) in [6.45, 7) is 2.64. The Morgan fingerprint density at radius 3 is 2.48 bits per heavy atom. The highest BCUT2D eigenvalue weighted by molar-refractivity contribution is 6.03. The van der Waals surface area contributed by atoms with E-state index in [1.165, 1.54) is 42.2 Å². The molecule has 126 valence electrons. The number of rotatable bonds is 5. The molecule has 2 N–H and O–H groups in total. The highest BCUT2D eigenvalue weighted by Gasteiger charge is 2.08. The molecule has 0 unspecified atom stereocenters. The molecule has 0 bridgehead atoms. The summed E-state index contributed by atoms with van der Waals surface area (Å²) in [4.78, 5) is 20.4. The van der Waals surface area contributed by atoms with Crippen LogP contribution < -0.4 is 10.6 Å². The van der Waals surface area contributed by atoms with Crippen molar-refractivity contribution in [3.8, 4) is 0 Å². The quantitative estimate of drug-likeness (QED) is 0.744. The van der Waals surface area contributed by atoms with Crippen LogP contribution >= 0.6 is 0 Å². The van der Waals surface area contributed by atoms with Gasteiger partial charge in [-0.3, -0.25) is 4.79 Å². The lowest BCUT2D eigenvalue weighted by Gasteiger charge is -2.07. The van der Waals surface area contributed by atoms with Crippen molar-refractivity contribution in [2.24, 2.45) is 0 Å². The van der Waals surface area contributed by atoms with Gasteiger partial charge < -0.3 is 10.6 Å². The Labute approximate surface area is 145 Å². The summed E-state index contributed by atoms with van der Waals surface area (Å²) in [7, 11) is 0. The second-order valence-corrected chi connectivity index (χ2v) is 5.60. The van der Waals surface area contributed by atoms with Crippen molar-refractivity contribution in [3.05, 3.63) is 83.4 Å². The normalized spacial score (nSPS) is 10.3. The van der Waals surface area contributed by atoms with Crippen LogP contribution in [0.15, 0.2) is 60.9 Å². The zero-order valence-corrected chi connectivity index (χ0v) is 13.7. The van der Waals surface area contributed by atoms with Gasteiger partial charge in [-0.2, -0.15) is 0 Å². The van der Waals surface area contributed by atoms with E-state index in [0.717, 1.165) is 5.56 Å². The van der Waals surface area contributed by atoms with Crippen LogP contribution in [0.2, 0.25) is 0 Å². The summed E-state index contributed by atoms with van der Waals surface area (Å²) in [6, 6.07) is 13.7. The van der Waals surface area contributed by atoms with Crippen molar-refractivity contribution in [1.29, 1.82) is 0 Å². The topological polar surface area (TPSA) is 66.9 Å². The van der Waals surface area contributed by atoms with E-state index in [0.29, 0.717) is 23.7 Å². The zero-order chi connectivity index (χ0) is 17.6. The third-order valence-corrected chi connectivity index (χ3v) is 3.55. The van der Waals surface area contributed by atoms with Gasteiger partial charge in [0.2, 0.25) is 5.95 Å². The fourth-order valence-corrected chi connectivity index (χ4v) is 2.28. The predicted molar refractivity (Wildman–Crippen MR) is 94.9 cm³/mol. The average molecular weight is 336 g/mol. The van der Waals surface area contributed by atoms with E-state index in [9.17, 15) is 9.18 Å². The Morgan fingerprint density at radius 1 is 1.08 bits per heavy atom. The number of aryl methyl sites for hydroxylation is 1. The molecule has 0 radical (unpaired) electrons. The Balaban J connectivity index is 1.59. The maximum absolute atomic E-state index is 12.9. The van der Waals surface area contributed by atoms with Gasteiger partial charge in [0.25, 0.3) is 5.91 Å². The third-order valence-electron chi connectivity index (χ3n) is 3.55. The fraction of sp³-hybridized carbons (Fsp3) is 0.105. The van der Waals surface area contributed by atoms with Crippen LogP contribution in [0, 0.1) is 12.7 Å². The van der Waals surface area contributed by atoms with Gasteiger partial charge in [-0.1, -0.05) is 29.8 Å². The number of amides is 1. The summed E-state index contributed by atoms with van der Waals surface area (Å²) in [5.41, 5.74) is 3.15. The largest absolute Gasteiger partial charge is 0.350 e. The molecule has 0 saturated heterocycles. The maximum atomic E-state index is 12.9. The van der Waals surface area contributed by atoms with Crippen LogP contribution in [0.1, 0.15) is 21.5 Å². The molecule has 1 aromatic heterocycles. The van der Waals surface area contributed by atoms with Crippen molar-refractivity contribution in [2.45, 2.75) is 13.5 Å². The SMILES string of the molecule is Cc1cccc(CNc2ncc(C(=O)Nc3ccc(F)cc3)cn2)c1. The summed E-state index contributed by atoms with van der Waals surface area (Å²) < 4.78 is 12.9. The third kappa shape index (κ3) is 4.60. The molecular weight excluding hydrogens is 319 g/mol. The minimum Gasteiger partial charge on any atom is -0.350 e. The van der Waals surface area contributed by atoms with E-state index < -0.39 is 0 Å². The first-order valence-corrected chi connectivity index (χ1v) is 7.78. The first-order chi connectivity index (χ1) is 12.1. The Kier molecular flexibility index (Phi) is 4.99. The van der Waals surface area contributed by atoms with Crippen molar-refractivity contribution in [3.63, 3.8) is 0 Å². The predicted octanol–water partition coefficient (Wildman–Crippen LogP) is 3.79. The molecule has 0 saturated carbocycles. The molecule has 3 aromatic rings. The molecule has 3 rings (SSSR count). The fourth-order valence-electron chi connectivity index (χ4n) is 2.28. The van der Waals surface area contributed by atoms with Crippen molar-refractivity contribution in [2.75, 3.05) is 10.6 Å². The highest BCUT2D eigenvalue weighted by Crippen LogP contribution is 2.11. The summed E-state index contributed by atoms with van der Waals surface area (Å²) in [5, 5.41) is 5.78. The van der Waals surface area contributed by atoms with Gasteiger partial charge in [-0.25, -0.2) is 14.4 Å². The van der Waals surface area contributed by atoms with Gasteiger partial charge in [0, 0.05) is 24.6 Å². The smallest absolute Gasteiger partial charge is 0.258 e. The number of carbonyl (C=O) groups excluding carboxylic acids is 1. The van der Waals surface area contributed by atoms with Crippen LogP contribution in [0.4, 0.5) is 16.0 Å². The highest BCUT2D eigenvalue weighted by atomic mass is 19.1. The number of anilines is 2. The van der Waals surface area contributed by atoms with Crippen LogP contribution in [0.25, 0.3) is 0 Å². The molecule has 1 heterocycles. The van der Waals surface area contributed by atoms with Crippen molar-refractivity contribution in [1.82, 2.24) is 9.97 Å². The lowest BCUT2D eigenvalue weighted by Crippen LogP contribution is -2.13. The van der Waals surface area contributed by atoms with Crippen LogP contribution in [0.5, 0.6) is 0 Å². The second kappa shape index (κ2) is 7.53. The molecule has 0 aliphatic carbocycles. The van der Waals surface area contributed by atoms with Gasteiger partial charge in [0.15, 0.2) is 0 Å². The number of benzene rings is 2. The minimum absolute atomic E-state index is 0.324. The molecule has 6 heteroatoms. The summed E-state index contributed by atoms with van der Waals surface area (Å²) in [6.07, 6.45) is 2.90. The molecule has 5 nitrogen and oxygen atoms in total. The van der Waals surface area contributed by atoms with E-state index in [4.69, 9.17) is 0 Å². The van der Waals surface area contributed by atoms with Gasteiger partial charge >= 0.3 is 0 Å². The van der Waals surface area contributed by atoms with Gasteiger partial charge in [-0.05, 0) is 36.8 Å². The number of hydrogen-bond donors (Lipinski definition) is 2. The number of aromatic nitrogens is 2. The lowest BCUT2D eigenvalue weighted by atomic mass is 10.1. The minimum atomic E-state index is -0.356. The number of halogens is 1. The molecule has 25 heavy (non-hydrogen) atoms. The molecule has 2 aromatic carbocycles. The molecule has 0 aliphatic rings. The maximum Gasteiger partial charge on any atom is 0.258 e. The van der Waals surface area contributed by atoms with E-state index in [-0.39, 0.29) is 11.7 Å². The van der Waals surface area contributed by atoms with Gasteiger partial charge in [0.1, 0.15) is 5.82 Å². The number of nitrogens with one attached hydrogen (secondary N) is 2. The van der Waals surface area contributed by atoms with E-state index in [1.54, 1.807) is 0 Å². The molecule has 0 fully saturated rings.